The van der Waals surface area contributed by atoms with Crippen LogP contribution in [0.4, 0.5) is 4.39 Å². The zero-order chi connectivity index (χ0) is 14.5. The van der Waals surface area contributed by atoms with E-state index in [0.717, 1.165) is 18.9 Å². The number of benzene rings is 1. The first kappa shape index (κ1) is 18.2. The van der Waals surface area contributed by atoms with Gasteiger partial charge in [-0.25, -0.2) is 4.39 Å². The van der Waals surface area contributed by atoms with Crippen molar-refractivity contribution >= 4 is 29.9 Å². The molecule has 0 radical (unpaired) electrons. The van der Waals surface area contributed by atoms with E-state index < -0.39 is 5.82 Å². The Labute approximate surface area is 135 Å². The molecule has 1 aliphatic rings. The molecule has 1 unspecified atom stereocenters. The monoisotopic (exact) mass is 334 g/mol. The van der Waals surface area contributed by atoms with Gasteiger partial charge in [0, 0.05) is 12.6 Å². The fourth-order valence-corrected chi connectivity index (χ4v) is 3.08. The van der Waals surface area contributed by atoms with Crippen LogP contribution in [-0.4, -0.2) is 18.5 Å². The van der Waals surface area contributed by atoms with E-state index in [2.05, 4.69) is 5.32 Å². The molecule has 0 aromatic heterocycles. The van der Waals surface area contributed by atoms with Crippen LogP contribution >= 0.6 is 24.0 Å². The van der Waals surface area contributed by atoms with Gasteiger partial charge < -0.3 is 11.1 Å². The second-order valence-electron chi connectivity index (χ2n) is 5.34. The lowest BCUT2D eigenvalue weighted by molar-refractivity contribution is 0.0915. The lowest BCUT2D eigenvalue weighted by Gasteiger charge is -2.30. The summed E-state index contributed by atoms with van der Waals surface area (Å²) >= 11 is 5.90. The number of halogens is 3. The second-order valence-corrected chi connectivity index (χ2v) is 5.75. The maximum absolute atomic E-state index is 13.0. The van der Waals surface area contributed by atoms with Crippen LogP contribution in [0.2, 0.25) is 5.02 Å². The summed E-state index contributed by atoms with van der Waals surface area (Å²) < 4.78 is 13.0. The van der Waals surface area contributed by atoms with Crippen LogP contribution in [0.1, 0.15) is 42.5 Å². The number of carbonyl (C=O) groups excluding carboxylic acids is 1. The van der Waals surface area contributed by atoms with E-state index in [1.165, 1.54) is 31.4 Å². The fourth-order valence-electron chi connectivity index (χ4n) is 2.83. The first-order chi connectivity index (χ1) is 9.61. The average molecular weight is 335 g/mol. The average Bonchev–Trinajstić information content (AvgIpc) is 2.45. The molecule has 0 bridgehead atoms. The molecule has 1 aromatic carbocycles. The van der Waals surface area contributed by atoms with Crippen LogP contribution in [0.3, 0.4) is 0 Å². The zero-order valence-electron chi connectivity index (χ0n) is 11.8. The third kappa shape index (κ3) is 4.83. The molecule has 1 amide bonds. The van der Waals surface area contributed by atoms with E-state index in [9.17, 15) is 9.18 Å². The van der Waals surface area contributed by atoms with Gasteiger partial charge >= 0.3 is 0 Å². The van der Waals surface area contributed by atoms with Crippen LogP contribution in [-0.2, 0) is 0 Å². The summed E-state index contributed by atoms with van der Waals surface area (Å²) in [5, 5.41) is 3.07. The van der Waals surface area contributed by atoms with E-state index in [1.54, 1.807) is 0 Å². The normalized spacial score (nSPS) is 16.9. The van der Waals surface area contributed by atoms with Crippen molar-refractivity contribution in [1.82, 2.24) is 5.32 Å². The standard InChI is InChI=1S/C15H20ClFN2O.ClH/c16-13-8-11(17)6-7-12(13)15(20)19-14(9-18)10-4-2-1-3-5-10;/h6-8,10,14H,1-5,9,18H2,(H,19,20);1H. The first-order valence-corrected chi connectivity index (χ1v) is 7.45. The predicted molar refractivity (Wildman–Crippen MR) is 85.5 cm³/mol. The second kappa shape index (κ2) is 8.57. The molecule has 118 valence electrons. The highest BCUT2D eigenvalue weighted by atomic mass is 35.5. The van der Waals surface area contributed by atoms with E-state index in [-0.39, 0.29) is 29.4 Å². The molecule has 2 rings (SSSR count). The van der Waals surface area contributed by atoms with Gasteiger partial charge in [0.25, 0.3) is 5.91 Å². The van der Waals surface area contributed by atoms with E-state index in [4.69, 9.17) is 17.3 Å². The van der Waals surface area contributed by atoms with Crippen molar-refractivity contribution in [3.8, 4) is 0 Å². The Morgan fingerprint density at radius 2 is 2.05 bits per heavy atom. The summed E-state index contributed by atoms with van der Waals surface area (Å²) in [7, 11) is 0. The van der Waals surface area contributed by atoms with Gasteiger partial charge in [-0.1, -0.05) is 30.9 Å². The summed E-state index contributed by atoms with van der Waals surface area (Å²) in [6.45, 7) is 0.412. The zero-order valence-corrected chi connectivity index (χ0v) is 13.4. The van der Waals surface area contributed by atoms with Crippen molar-refractivity contribution < 1.29 is 9.18 Å². The van der Waals surface area contributed by atoms with Crippen molar-refractivity contribution in [2.75, 3.05) is 6.54 Å². The minimum absolute atomic E-state index is 0. The SMILES string of the molecule is Cl.NCC(NC(=O)c1ccc(F)cc1Cl)C1CCCCC1. The van der Waals surface area contributed by atoms with E-state index in [1.807, 2.05) is 0 Å². The Hall–Kier alpha value is -0.840. The molecule has 1 aromatic rings. The largest absolute Gasteiger partial charge is 0.348 e. The quantitative estimate of drug-likeness (QED) is 0.884. The molecule has 6 heteroatoms. The third-order valence-corrected chi connectivity index (χ3v) is 4.28. The summed E-state index contributed by atoms with van der Waals surface area (Å²) in [6.07, 6.45) is 5.83. The van der Waals surface area contributed by atoms with Crippen LogP contribution < -0.4 is 11.1 Å². The highest BCUT2D eigenvalue weighted by molar-refractivity contribution is 6.33. The van der Waals surface area contributed by atoms with Gasteiger partial charge in [-0.05, 0) is 37.0 Å². The maximum Gasteiger partial charge on any atom is 0.253 e. The number of nitrogens with one attached hydrogen (secondary N) is 1. The lowest BCUT2D eigenvalue weighted by Crippen LogP contribution is -2.46. The molecule has 1 fully saturated rings. The molecule has 0 spiro atoms. The minimum atomic E-state index is -0.450. The number of amides is 1. The van der Waals surface area contributed by atoms with Crippen molar-refractivity contribution in [3.63, 3.8) is 0 Å². The van der Waals surface area contributed by atoms with Gasteiger partial charge in [-0.2, -0.15) is 0 Å². The fraction of sp³-hybridized carbons (Fsp3) is 0.533. The van der Waals surface area contributed by atoms with Crippen LogP contribution in [0.25, 0.3) is 0 Å². The molecule has 1 saturated carbocycles. The lowest BCUT2D eigenvalue weighted by atomic mass is 9.84. The van der Waals surface area contributed by atoms with Crippen LogP contribution in [0.5, 0.6) is 0 Å². The number of rotatable bonds is 4. The molecule has 3 nitrogen and oxygen atoms in total. The smallest absolute Gasteiger partial charge is 0.253 e. The summed E-state index contributed by atoms with van der Waals surface area (Å²) in [5.74, 6) is -0.304. The number of carbonyl (C=O) groups is 1. The van der Waals surface area contributed by atoms with Crippen LogP contribution in [0, 0.1) is 11.7 Å². The number of nitrogens with two attached hydrogens (primary N) is 1. The van der Waals surface area contributed by atoms with Gasteiger partial charge in [0.15, 0.2) is 0 Å². The predicted octanol–water partition coefficient (Wildman–Crippen LogP) is 3.54. The van der Waals surface area contributed by atoms with Gasteiger partial charge in [0.05, 0.1) is 10.6 Å². The topological polar surface area (TPSA) is 55.1 Å². The van der Waals surface area contributed by atoms with Crippen LogP contribution in [0.15, 0.2) is 18.2 Å². The van der Waals surface area contributed by atoms with E-state index >= 15 is 0 Å². The molecule has 3 N–H and O–H groups in total. The molecule has 0 aliphatic heterocycles. The molecule has 0 saturated heterocycles. The van der Waals surface area contributed by atoms with Gasteiger partial charge in [-0.3, -0.25) is 4.79 Å². The van der Waals surface area contributed by atoms with Gasteiger partial charge in [0.2, 0.25) is 0 Å². The number of hydrogen-bond donors (Lipinski definition) is 2. The maximum atomic E-state index is 13.0. The minimum Gasteiger partial charge on any atom is -0.348 e. The van der Waals surface area contributed by atoms with Crippen molar-refractivity contribution in [1.29, 1.82) is 0 Å². The van der Waals surface area contributed by atoms with Gasteiger partial charge in [0.1, 0.15) is 5.82 Å². The van der Waals surface area contributed by atoms with Gasteiger partial charge in [-0.15, -0.1) is 12.4 Å². The van der Waals surface area contributed by atoms with Crippen molar-refractivity contribution in [3.05, 3.63) is 34.6 Å². The Morgan fingerprint density at radius 3 is 2.62 bits per heavy atom. The summed E-state index contributed by atoms with van der Waals surface area (Å²) in [6, 6.07) is 3.75. The first-order valence-electron chi connectivity index (χ1n) is 7.08. The summed E-state index contributed by atoms with van der Waals surface area (Å²) in [4.78, 5) is 12.2. The highest BCUT2D eigenvalue weighted by Gasteiger charge is 2.25. The Bertz CT molecular complexity index is 479. The third-order valence-electron chi connectivity index (χ3n) is 3.97. The molecular weight excluding hydrogens is 314 g/mol. The Morgan fingerprint density at radius 1 is 1.38 bits per heavy atom. The van der Waals surface area contributed by atoms with Crippen molar-refractivity contribution in [2.24, 2.45) is 11.7 Å². The van der Waals surface area contributed by atoms with Crippen molar-refractivity contribution in [2.45, 2.75) is 38.1 Å². The molecule has 1 atom stereocenters. The molecule has 0 heterocycles. The molecular formula is C15H21Cl2FN2O. The summed E-state index contributed by atoms with van der Waals surface area (Å²) in [5.41, 5.74) is 6.08. The highest BCUT2D eigenvalue weighted by Crippen LogP contribution is 2.26. The molecule has 21 heavy (non-hydrogen) atoms. The molecule has 1 aliphatic carbocycles. The Kier molecular flexibility index (Phi) is 7.43. The number of hydrogen-bond acceptors (Lipinski definition) is 2. The van der Waals surface area contributed by atoms with E-state index in [0.29, 0.717) is 18.0 Å². The Balaban J connectivity index is 0.00000220.